The molecule has 0 saturated heterocycles. The lowest BCUT2D eigenvalue weighted by atomic mass is 10.2. The van der Waals surface area contributed by atoms with Gasteiger partial charge in [-0.3, -0.25) is 4.79 Å². The van der Waals surface area contributed by atoms with Crippen LogP contribution in [0.5, 0.6) is 11.5 Å². The van der Waals surface area contributed by atoms with Crippen molar-refractivity contribution in [3.63, 3.8) is 0 Å². The SMILES string of the molecule is O=Cc1cc(Oc2ccc(Br)cc2)cc(Cl)c1F. The highest BCUT2D eigenvalue weighted by molar-refractivity contribution is 9.10. The van der Waals surface area contributed by atoms with Gasteiger partial charge in [0.1, 0.15) is 11.5 Å². The van der Waals surface area contributed by atoms with Crippen LogP contribution >= 0.6 is 27.5 Å². The third-order valence-corrected chi connectivity index (χ3v) is 3.01. The lowest BCUT2D eigenvalue weighted by Crippen LogP contribution is -1.92. The molecule has 0 atom stereocenters. The Balaban J connectivity index is 2.32. The van der Waals surface area contributed by atoms with Crippen LogP contribution in [-0.2, 0) is 0 Å². The summed E-state index contributed by atoms with van der Waals surface area (Å²) in [6.07, 6.45) is 0.398. The van der Waals surface area contributed by atoms with Gasteiger partial charge < -0.3 is 4.74 Å². The molecule has 0 fully saturated rings. The minimum absolute atomic E-state index is 0.130. The van der Waals surface area contributed by atoms with Crippen molar-refractivity contribution in [2.75, 3.05) is 0 Å². The third-order valence-electron chi connectivity index (χ3n) is 2.21. The van der Waals surface area contributed by atoms with Crippen LogP contribution in [0.15, 0.2) is 40.9 Å². The second-order valence-corrected chi connectivity index (χ2v) is 4.81. The molecule has 2 nitrogen and oxygen atoms in total. The van der Waals surface area contributed by atoms with Crippen molar-refractivity contribution in [2.24, 2.45) is 0 Å². The average Bonchev–Trinajstić information content (AvgIpc) is 2.36. The Morgan fingerprint density at radius 2 is 1.83 bits per heavy atom. The summed E-state index contributed by atoms with van der Waals surface area (Å²) in [7, 11) is 0. The van der Waals surface area contributed by atoms with Crippen LogP contribution in [0.25, 0.3) is 0 Å². The maximum atomic E-state index is 13.3. The van der Waals surface area contributed by atoms with Gasteiger partial charge in [-0.25, -0.2) is 4.39 Å². The molecule has 18 heavy (non-hydrogen) atoms. The largest absolute Gasteiger partial charge is 0.457 e. The van der Waals surface area contributed by atoms with Gasteiger partial charge in [0.25, 0.3) is 0 Å². The molecule has 0 N–H and O–H groups in total. The molecule has 0 aliphatic carbocycles. The molecule has 0 aliphatic rings. The van der Waals surface area contributed by atoms with E-state index in [9.17, 15) is 9.18 Å². The van der Waals surface area contributed by atoms with Gasteiger partial charge >= 0.3 is 0 Å². The number of aldehydes is 1. The van der Waals surface area contributed by atoms with Crippen molar-refractivity contribution >= 4 is 33.8 Å². The van der Waals surface area contributed by atoms with Crippen molar-refractivity contribution < 1.29 is 13.9 Å². The summed E-state index contributed by atoms with van der Waals surface area (Å²) >= 11 is 8.97. The van der Waals surface area contributed by atoms with Crippen molar-refractivity contribution in [3.05, 3.63) is 57.3 Å². The van der Waals surface area contributed by atoms with Gasteiger partial charge in [-0.2, -0.15) is 0 Å². The molecule has 0 spiro atoms. The fraction of sp³-hybridized carbons (Fsp3) is 0. The van der Waals surface area contributed by atoms with E-state index in [2.05, 4.69) is 15.9 Å². The average molecular weight is 330 g/mol. The monoisotopic (exact) mass is 328 g/mol. The van der Waals surface area contributed by atoms with E-state index in [4.69, 9.17) is 16.3 Å². The second-order valence-electron chi connectivity index (χ2n) is 3.48. The molecule has 0 unspecified atom stereocenters. The maximum Gasteiger partial charge on any atom is 0.153 e. The van der Waals surface area contributed by atoms with Gasteiger partial charge in [-0.05, 0) is 30.3 Å². The smallest absolute Gasteiger partial charge is 0.153 e. The van der Waals surface area contributed by atoms with E-state index in [1.165, 1.54) is 12.1 Å². The summed E-state index contributed by atoms with van der Waals surface area (Å²) in [5.41, 5.74) is -0.130. The van der Waals surface area contributed by atoms with Crippen molar-refractivity contribution in [2.45, 2.75) is 0 Å². The van der Waals surface area contributed by atoms with Crippen LogP contribution in [-0.4, -0.2) is 6.29 Å². The lowest BCUT2D eigenvalue weighted by Gasteiger charge is -2.07. The number of carbonyl (C=O) groups excluding carboxylic acids is 1. The normalized spacial score (nSPS) is 10.2. The quantitative estimate of drug-likeness (QED) is 0.753. The Morgan fingerprint density at radius 3 is 2.44 bits per heavy atom. The number of benzene rings is 2. The summed E-state index contributed by atoms with van der Waals surface area (Å²) in [5, 5.41) is -0.147. The Morgan fingerprint density at radius 1 is 1.17 bits per heavy atom. The molecule has 0 heterocycles. The van der Waals surface area contributed by atoms with Gasteiger partial charge in [0.05, 0.1) is 10.6 Å². The number of carbonyl (C=O) groups is 1. The predicted molar refractivity (Wildman–Crippen MR) is 71.0 cm³/mol. The molecule has 2 rings (SSSR count). The molecule has 5 heteroatoms. The first-order valence-electron chi connectivity index (χ1n) is 4.98. The van der Waals surface area contributed by atoms with Crippen LogP contribution in [0.2, 0.25) is 5.02 Å². The molecule has 2 aromatic carbocycles. The maximum absolute atomic E-state index is 13.3. The van der Waals surface area contributed by atoms with Crippen LogP contribution in [0.4, 0.5) is 4.39 Å². The zero-order valence-corrected chi connectivity index (χ0v) is 11.3. The highest BCUT2D eigenvalue weighted by atomic mass is 79.9. The summed E-state index contributed by atoms with van der Waals surface area (Å²) in [5.74, 6) is 0.137. The fourth-order valence-electron chi connectivity index (χ4n) is 1.37. The number of hydrogen-bond donors (Lipinski definition) is 0. The Kier molecular flexibility index (Phi) is 3.99. The van der Waals surface area contributed by atoms with Gasteiger partial charge in [-0.1, -0.05) is 27.5 Å². The van der Waals surface area contributed by atoms with Crippen LogP contribution in [0.1, 0.15) is 10.4 Å². The zero-order chi connectivity index (χ0) is 13.1. The minimum Gasteiger partial charge on any atom is -0.457 e. The molecule has 0 saturated carbocycles. The zero-order valence-electron chi connectivity index (χ0n) is 8.99. The van der Waals surface area contributed by atoms with E-state index in [1.807, 2.05) is 0 Å². The molecule has 0 radical (unpaired) electrons. The van der Waals surface area contributed by atoms with Crippen LogP contribution in [0, 0.1) is 5.82 Å². The summed E-state index contributed by atoms with van der Waals surface area (Å²) in [4.78, 5) is 10.7. The molecule has 0 amide bonds. The minimum atomic E-state index is -0.741. The first kappa shape index (κ1) is 13.1. The lowest BCUT2D eigenvalue weighted by molar-refractivity contribution is 0.111. The van der Waals surface area contributed by atoms with Crippen molar-refractivity contribution in [1.82, 2.24) is 0 Å². The molecule has 0 bridgehead atoms. The molecule has 0 aromatic heterocycles. The molecule has 0 aliphatic heterocycles. The summed E-state index contributed by atoms with van der Waals surface area (Å²) in [6.45, 7) is 0. The van der Waals surface area contributed by atoms with E-state index in [0.29, 0.717) is 17.8 Å². The van der Waals surface area contributed by atoms with E-state index in [1.54, 1.807) is 24.3 Å². The topological polar surface area (TPSA) is 26.3 Å². The van der Waals surface area contributed by atoms with E-state index in [-0.39, 0.29) is 10.6 Å². The molecule has 2 aromatic rings. The highest BCUT2D eigenvalue weighted by Crippen LogP contribution is 2.28. The molecular weight excluding hydrogens is 322 g/mol. The van der Waals surface area contributed by atoms with Crippen molar-refractivity contribution in [1.29, 1.82) is 0 Å². The van der Waals surface area contributed by atoms with E-state index in [0.717, 1.165) is 4.47 Å². The Hall–Kier alpha value is -1.39. The number of ether oxygens (including phenoxy) is 1. The number of halogens is 3. The Bertz CT molecular complexity index is 584. The van der Waals surface area contributed by atoms with Crippen LogP contribution < -0.4 is 4.74 Å². The molecule has 92 valence electrons. The number of rotatable bonds is 3. The second kappa shape index (κ2) is 5.50. The number of hydrogen-bond acceptors (Lipinski definition) is 2. The Labute approximate surface area is 116 Å². The predicted octanol–water partition coefficient (Wildman–Crippen LogP) is 4.85. The highest BCUT2D eigenvalue weighted by Gasteiger charge is 2.10. The van der Waals surface area contributed by atoms with E-state index < -0.39 is 5.82 Å². The third kappa shape index (κ3) is 2.89. The van der Waals surface area contributed by atoms with Crippen molar-refractivity contribution in [3.8, 4) is 11.5 Å². The fourth-order valence-corrected chi connectivity index (χ4v) is 1.85. The van der Waals surface area contributed by atoms with Gasteiger partial charge in [0.2, 0.25) is 0 Å². The van der Waals surface area contributed by atoms with E-state index >= 15 is 0 Å². The van der Waals surface area contributed by atoms with Gasteiger partial charge in [-0.15, -0.1) is 0 Å². The first-order valence-corrected chi connectivity index (χ1v) is 6.15. The molecular formula is C13H7BrClFO2. The first-order chi connectivity index (χ1) is 8.60. The summed E-state index contributed by atoms with van der Waals surface area (Å²) < 4.78 is 19.7. The standard InChI is InChI=1S/C13H7BrClFO2/c14-9-1-3-10(4-2-9)18-11-5-8(7-17)13(16)12(15)6-11/h1-7H. The van der Waals surface area contributed by atoms with Gasteiger partial charge in [0, 0.05) is 10.5 Å². The van der Waals surface area contributed by atoms with Gasteiger partial charge in [0.15, 0.2) is 12.1 Å². The van der Waals surface area contributed by atoms with Crippen LogP contribution in [0.3, 0.4) is 0 Å². The summed E-state index contributed by atoms with van der Waals surface area (Å²) in [6, 6.07) is 9.72.